The van der Waals surface area contributed by atoms with Crippen LogP contribution in [-0.4, -0.2) is 30.2 Å². The number of hydrogen-bond donors (Lipinski definition) is 2. The fraction of sp³-hybridized carbons (Fsp3) is 0.429. The lowest BCUT2D eigenvalue weighted by Gasteiger charge is -2.02. The van der Waals surface area contributed by atoms with E-state index >= 15 is 0 Å². The summed E-state index contributed by atoms with van der Waals surface area (Å²) >= 11 is 0. The molecule has 0 aliphatic heterocycles. The molecular weight excluding hydrogens is 158 g/mol. The van der Waals surface area contributed by atoms with Gasteiger partial charge in [-0.3, -0.25) is 4.79 Å². The number of H-pyrrole nitrogens is 1. The minimum absolute atomic E-state index is 0.204. The molecule has 0 aliphatic carbocycles. The second-order valence-electron chi connectivity index (χ2n) is 2.20. The SMILES string of the molecule is CNCCOc1cc(=O)[nH]cn1. The maximum absolute atomic E-state index is 10.7. The zero-order chi connectivity index (χ0) is 8.81. The molecule has 0 unspecified atom stereocenters. The first-order valence-corrected chi connectivity index (χ1v) is 3.65. The summed E-state index contributed by atoms with van der Waals surface area (Å²) in [6.45, 7) is 1.24. The third kappa shape index (κ3) is 2.71. The summed E-state index contributed by atoms with van der Waals surface area (Å²) in [5.74, 6) is 0.356. The number of ether oxygens (including phenoxy) is 1. The maximum atomic E-state index is 10.7. The summed E-state index contributed by atoms with van der Waals surface area (Å²) in [6.07, 6.45) is 1.32. The molecule has 1 aromatic heterocycles. The van der Waals surface area contributed by atoms with Gasteiger partial charge in [0.25, 0.3) is 5.56 Å². The van der Waals surface area contributed by atoms with Crippen LogP contribution in [0.1, 0.15) is 0 Å². The van der Waals surface area contributed by atoms with E-state index in [1.54, 1.807) is 0 Å². The number of aromatic amines is 1. The van der Waals surface area contributed by atoms with Crippen molar-refractivity contribution in [2.75, 3.05) is 20.2 Å². The van der Waals surface area contributed by atoms with Crippen LogP contribution in [0.2, 0.25) is 0 Å². The van der Waals surface area contributed by atoms with Gasteiger partial charge in [-0.2, -0.15) is 0 Å². The highest BCUT2D eigenvalue weighted by molar-refractivity contribution is 5.04. The summed E-state index contributed by atoms with van der Waals surface area (Å²) in [5.41, 5.74) is -0.204. The number of nitrogens with zero attached hydrogens (tertiary/aromatic N) is 1. The molecule has 0 aliphatic rings. The molecule has 2 N–H and O–H groups in total. The first-order chi connectivity index (χ1) is 5.83. The zero-order valence-corrected chi connectivity index (χ0v) is 6.83. The number of likely N-dealkylation sites (N-methyl/N-ethyl adjacent to an activating group) is 1. The van der Waals surface area contributed by atoms with Crippen molar-refractivity contribution in [1.29, 1.82) is 0 Å². The summed E-state index contributed by atoms with van der Waals surface area (Å²) in [4.78, 5) is 16.9. The van der Waals surface area contributed by atoms with E-state index in [0.29, 0.717) is 12.5 Å². The van der Waals surface area contributed by atoms with Crippen molar-refractivity contribution in [2.24, 2.45) is 0 Å². The first kappa shape index (κ1) is 8.73. The fourth-order valence-corrected chi connectivity index (χ4v) is 0.687. The van der Waals surface area contributed by atoms with E-state index < -0.39 is 0 Å². The summed E-state index contributed by atoms with van der Waals surface area (Å²) in [7, 11) is 1.83. The quantitative estimate of drug-likeness (QED) is 0.589. The molecule has 0 bridgehead atoms. The topological polar surface area (TPSA) is 67.0 Å². The van der Waals surface area contributed by atoms with Crippen LogP contribution in [0.4, 0.5) is 0 Å². The Morgan fingerprint density at radius 2 is 2.58 bits per heavy atom. The molecular formula is C7H11N3O2. The highest BCUT2D eigenvalue weighted by Gasteiger charge is 1.93. The average Bonchev–Trinajstić information content (AvgIpc) is 2.05. The predicted octanol–water partition coefficient (Wildman–Crippen LogP) is -0.632. The van der Waals surface area contributed by atoms with Gasteiger partial charge in [0.2, 0.25) is 5.88 Å². The van der Waals surface area contributed by atoms with Crippen LogP contribution >= 0.6 is 0 Å². The van der Waals surface area contributed by atoms with E-state index in [9.17, 15) is 4.79 Å². The van der Waals surface area contributed by atoms with Crippen LogP contribution in [-0.2, 0) is 0 Å². The lowest BCUT2D eigenvalue weighted by molar-refractivity contribution is 0.305. The lowest BCUT2D eigenvalue weighted by Crippen LogP contribution is -2.17. The number of aromatic nitrogens is 2. The second kappa shape index (κ2) is 4.50. The summed E-state index contributed by atoms with van der Waals surface area (Å²) in [5, 5.41) is 2.91. The van der Waals surface area contributed by atoms with Crippen LogP contribution in [0.5, 0.6) is 5.88 Å². The van der Waals surface area contributed by atoms with Gasteiger partial charge >= 0.3 is 0 Å². The molecule has 0 saturated carbocycles. The molecule has 1 rings (SSSR count). The van der Waals surface area contributed by atoms with E-state index in [1.807, 2.05) is 7.05 Å². The second-order valence-corrected chi connectivity index (χ2v) is 2.20. The van der Waals surface area contributed by atoms with Gasteiger partial charge < -0.3 is 15.0 Å². The Balaban J connectivity index is 2.47. The van der Waals surface area contributed by atoms with Crippen molar-refractivity contribution in [3.8, 4) is 5.88 Å². The van der Waals surface area contributed by atoms with Gasteiger partial charge in [0.1, 0.15) is 6.61 Å². The smallest absolute Gasteiger partial charge is 0.254 e. The number of hydrogen-bond acceptors (Lipinski definition) is 4. The Kier molecular flexibility index (Phi) is 3.28. The molecule has 0 saturated heterocycles. The highest BCUT2D eigenvalue weighted by atomic mass is 16.5. The lowest BCUT2D eigenvalue weighted by atomic mass is 10.6. The zero-order valence-electron chi connectivity index (χ0n) is 6.83. The minimum Gasteiger partial charge on any atom is -0.476 e. The van der Waals surface area contributed by atoms with Crippen molar-refractivity contribution >= 4 is 0 Å². The Hall–Kier alpha value is -1.36. The molecule has 0 spiro atoms. The van der Waals surface area contributed by atoms with Gasteiger partial charge in [0.15, 0.2) is 0 Å². The van der Waals surface area contributed by atoms with Crippen LogP contribution in [0.3, 0.4) is 0 Å². The van der Waals surface area contributed by atoms with E-state index in [1.165, 1.54) is 12.4 Å². The Morgan fingerprint density at radius 3 is 3.25 bits per heavy atom. The Morgan fingerprint density at radius 1 is 1.75 bits per heavy atom. The van der Waals surface area contributed by atoms with Gasteiger partial charge in [-0.15, -0.1) is 0 Å². The molecule has 0 radical (unpaired) electrons. The van der Waals surface area contributed by atoms with Crippen molar-refractivity contribution in [3.05, 3.63) is 22.7 Å². The standard InChI is InChI=1S/C7H11N3O2/c1-8-2-3-12-7-4-6(11)9-5-10-7/h4-5,8H,2-3H2,1H3,(H,9,10,11). The summed E-state index contributed by atoms with van der Waals surface area (Å²) < 4.78 is 5.13. The molecule has 0 fully saturated rings. The van der Waals surface area contributed by atoms with Gasteiger partial charge in [-0.25, -0.2) is 4.98 Å². The minimum atomic E-state index is -0.204. The molecule has 0 aromatic carbocycles. The molecule has 5 heteroatoms. The van der Waals surface area contributed by atoms with Crippen LogP contribution in [0.25, 0.3) is 0 Å². The molecule has 1 aromatic rings. The predicted molar refractivity (Wildman–Crippen MR) is 44.3 cm³/mol. The van der Waals surface area contributed by atoms with Crippen molar-refractivity contribution in [1.82, 2.24) is 15.3 Å². The largest absolute Gasteiger partial charge is 0.476 e. The third-order valence-corrected chi connectivity index (χ3v) is 1.26. The van der Waals surface area contributed by atoms with E-state index in [-0.39, 0.29) is 5.56 Å². The Bertz CT molecular complexity index is 284. The highest BCUT2D eigenvalue weighted by Crippen LogP contribution is 1.96. The molecule has 66 valence electrons. The molecule has 12 heavy (non-hydrogen) atoms. The van der Waals surface area contributed by atoms with Crippen molar-refractivity contribution in [3.63, 3.8) is 0 Å². The van der Waals surface area contributed by atoms with E-state index in [2.05, 4.69) is 15.3 Å². The van der Waals surface area contributed by atoms with E-state index in [0.717, 1.165) is 6.54 Å². The average molecular weight is 169 g/mol. The third-order valence-electron chi connectivity index (χ3n) is 1.26. The van der Waals surface area contributed by atoms with Crippen LogP contribution in [0, 0.1) is 0 Å². The molecule has 5 nitrogen and oxygen atoms in total. The van der Waals surface area contributed by atoms with Gasteiger partial charge in [0, 0.05) is 6.54 Å². The molecule has 0 atom stereocenters. The van der Waals surface area contributed by atoms with Crippen LogP contribution in [0.15, 0.2) is 17.2 Å². The summed E-state index contributed by atoms with van der Waals surface area (Å²) in [6, 6.07) is 1.32. The van der Waals surface area contributed by atoms with Crippen molar-refractivity contribution in [2.45, 2.75) is 0 Å². The molecule has 0 amide bonds. The maximum Gasteiger partial charge on any atom is 0.254 e. The Labute approximate surface area is 69.8 Å². The van der Waals surface area contributed by atoms with Gasteiger partial charge in [-0.1, -0.05) is 0 Å². The number of nitrogens with one attached hydrogen (secondary N) is 2. The van der Waals surface area contributed by atoms with Gasteiger partial charge in [0.05, 0.1) is 12.4 Å². The monoisotopic (exact) mass is 169 g/mol. The fourth-order valence-electron chi connectivity index (χ4n) is 0.687. The normalized spacial score (nSPS) is 9.75. The molecule has 1 heterocycles. The number of rotatable bonds is 4. The van der Waals surface area contributed by atoms with Crippen LogP contribution < -0.4 is 15.6 Å². The first-order valence-electron chi connectivity index (χ1n) is 3.65. The van der Waals surface area contributed by atoms with E-state index in [4.69, 9.17) is 4.74 Å². The van der Waals surface area contributed by atoms with Gasteiger partial charge in [-0.05, 0) is 7.05 Å². The van der Waals surface area contributed by atoms with Crippen molar-refractivity contribution < 1.29 is 4.74 Å².